The second-order valence-electron chi connectivity index (χ2n) is 5.22. The second kappa shape index (κ2) is 3.25. The summed E-state index contributed by atoms with van der Waals surface area (Å²) in [6.07, 6.45) is 11.4. The van der Waals surface area contributed by atoms with E-state index in [1.54, 1.807) is 5.57 Å². The molecule has 0 nitrogen and oxygen atoms in total. The number of rotatable bonds is 0. The highest BCUT2D eigenvalue weighted by atomic mass is 14.4. The van der Waals surface area contributed by atoms with Gasteiger partial charge in [-0.3, -0.25) is 0 Å². The predicted octanol–water partition coefficient (Wildman–Crippen LogP) is 4.23. The van der Waals surface area contributed by atoms with Crippen LogP contribution in [0, 0.1) is 11.8 Å². The van der Waals surface area contributed by atoms with Crippen LogP contribution >= 0.6 is 0 Å². The molecule has 2 atom stereocenters. The Balaban J connectivity index is 1.98. The van der Waals surface area contributed by atoms with Gasteiger partial charge in [0, 0.05) is 11.8 Å². The molecule has 3 aliphatic rings. The molecule has 2 saturated carbocycles. The molecule has 2 unspecified atom stereocenters. The van der Waals surface area contributed by atoms with E-state index < -0.39 is 0 Å². The van der Waals surface area contributed by atoms with E-state index >= 15 is 0 Å². The molecule has 0 bridgehead atoms. The van der Waals surface area contributed by atoms with Gasteiger partial charge >= 0.3 is 0 Å². The summed E-state index contributed by atoms with van der Waals surface area (Å²) in [5, 5.41) is 0. The minimum absolute atomic E-state index is 0.821. The summed E-state index contributed by atoms with van der Waals surface area (Å²) < 4.78 is 0. The van der Waals surface area contributed by atoms with Crippen molar-refractivity contribution in [1.82, 2.24) is 0 Å². The molecule has 0 aliphatic heterocycles. The summed E-state index contributed by atoms with van der Waals surface area (Å²) in [4.78, 5) is 0. The van der Waals surface area contributed by atoms with E-state index in [1.165, 1.54) is 51.4 Å². The van der Waals surface area contributed by atoms with E-state index in [1.807, 2.05) is 11.1 Å². The Bertz CT molecular complexity index is 267. The summed E-state index contributed by atoms with van der Waals surface area (Å²) in [7, 11) is 0. The maximum absolute atomic E-state index is 4.38. The monoisotopic (exact) mass is 188 g/mol. The quantitative estimate of drug-likeness (QED) is 0.499. The Morgan fingerprint density at radius 3 is 1.79 bits per heavy atom. The van der Waals surface area contributed by atoms with Crippen LogP contribution in [-0.4, -0.2) is 0 Å². The normalized spacial score (nSPS) is 37.0. The van der Waals surface area contributed by atoms with Crippen LogP contribution in [0.3, 0.4) is 0 Å². The molecule has 0 amide bonds. The standard InChI is InChI=1S/C14H20/c1-10-11-6-2-4-8-13(11)14-9-5-3-7-12(10)14/h11-12H,1-9H2. The lowest BCUT2D eigenvalue weighted by atomic mass is 9.82. The van der Waals surface area contributed by atoms with E-state index in [9.17, 15) is 0 Å². The van der Waals surface area contributed by atoms with Crippen LogP contribution in [0.4, 0.5) is 0 Å². The molecule has 0 aromatic rings. The largest absolute Gasteiger partial charge is 0.0986 e. The first-order chi connectivity index (χ1) is 6.88. The lowest BCUT2D eigenvalue weighted by Gasteiger charge is -2.23. The first-order valence-corrected chi connectivity index (χ1v) is 6.28. The van der Waals surface area contributed by atoms with Crippen molar-refractivity contribution in [3.63, 3.8) is 0 Å². The lowest BCUT2D eigenvalue weighted by molar-refractivity contribution is 0.484. The van der Waals surface area contributed by atoms with Gasteiger partial charge in [-0.25, -0.2) is 0 Å². The Hall–Kier alpha value is -0.520. The van der Waals surface area contributed by atoms with Gasteiger partial charge in [-0.2, -0.15) is 0 Å². The van der Waals surface area contributed by atoms with E-state index in [2.05, 4.69) is 6.58 Å². The van der Waals surface area contributed by atoms with Crippen molar-refractivity contribution in [2.75, 3.05) is 0 Å². The van der Waals surface area contributed by atoms with Gasteiger partial charge in [0.25, 0.3) is 0 Å². The van der Waals surface area contributed by atoms with Gasteiger partial charge in [-0.15, -0.1) is 0 Å². The van der Waals surface area contributed by atoms with Gasteiger partial charge in [0.2, 0.25) is 0 Å². The Morgan fingerprint density at radius 1 is 0.786 bits per heavy atom. The molecule has 0 heterocycles. The molecular weight excluding hydrogens is 168 g/mol. The van der Waals surface area contributed by atoms with Crippen molar-refractivity contribution in [2.24, 2.45) is 11.8 Å². The van der Waals surface area contributed by atoms with E-state index in [0.717, 1.165) is 11.8 Å². The van der Waals surface area contributed by atoms with Crippen LogP contribution in [0.2, 0.25) is 0 Å². The first kappa shape index (κ1) is 8.76. The minimum atomic E-state index is 0.821. The summed E-state index contributed by atoms with van der Waals surface area (Å²) in [5.41, 5.74) is 5.27. The van der Waals surface area contributed by atoms with Gasteiger partial charge in [-0.1, -0.05) is 36.1 Å². The lowest BCUT2D eigenvalue weighted by Crippen LogP contribution is -2.10. The third-order valence-electron chi connectivity index (χ3n) is 4.53. The van der Waals surface area contributed by atoms with Crippen LogP contribution in [0.5, 0.6) is 0 Å². The minimum Gasteiger partial charge on any atom is -0.0986 e. The molecule has 0 heteroatoms. The van der Waals surface area contributed by atoms with Crippen LogP contribution in [0.1, 0.15) is 51.4 Å². The topological polar surface area (TPSA) is 0 Å². The highest BCUT2D eigenvalue weighted by molar-refractivity contribution is 5.41. The maximum atomic E-state index is 4.38. The zero-order valence-corrected chi connectivity index (χ0v) is 9.02. The number of fused-ring (bicyclic) bond motifs is 2. The van der Waals surface area contributed by atoms with Gasteiger partial charge in [0.15, 0.2) is 0 Å². The molecule has 76 valence electrons. The molecule has 0 saturated heterocycles. The van der Waals surface area contributed by atoms with Gasteiger partial charge in [0.05, 0.1) is 0 Å². The van der Waals surface area contributed by atoms with Crippen molar-refractivity contribution >= 4 is 0 Å². The second-order valence-corrected chi connectivity index (χ2v) is 5.22. The SMILES string of the molecule is C=C1C2CCCCC2=C2CCCCC12. The van der Waals surface area contributed by atoms with E-state index in [0.29, 0.717) is 0 Å². The van der Waals surface area contributed by atoms with Crippen molar-refractivity contribution in [1.29, 1.82) is 0 Å². The first-order valence-electron chi connectivity index (χ1n) is 6.28. The molecule has 2 fully saturated rings. The molecule has 0 radical (unpaired) electrons. The van der Waals surface area contributed by atoms with Gasteiger partial charge < -0.3 is 0 Å². The molecular formula is C14H20. The maximum Gasteiger partial charge on any atom is 0.00131 e. The molecule has 0 aromatic heterocycles. The average Bonchev–Trinajstić information content (AvgIpc) is 2.55. The van der Waals surface area contributed by atoms with Gasteiger partial charge in [0.1, 0.15) is 0 Å². The molecule has 0 spiro atoms. The third-order valence-corrected chi connectivity index (χ3v) is 4.53. The van der Waals surface area contributed by atoms with Crippen LogP contribution < -0.4 is 0 Å². The summed E-state index contributed by atoms with van der Waals surface area (Å²) in [6.45, 7) is 4.38. The fraction of sp³-hybridized carbons (Fsp3) is 0.714. The zero-order valence-electron chi connectivity index (χ0n) is 9.02. The Morgan fingerprint density at radius 2 is 1.29 bits per heavy atom. The van der Waals surface area contributed by atoms with Crippen LogP contribution in [0.25, 0.3) is 0 Å². The van der Waals surface area contributed by atoms with Crippen LogP contribution in [0.15, 0.2) is 23.3 Å². The van der Waals surface area contributed by atoms with Crippen molar-refractivity contribution < 1.29 is 0 Å². The fourth-order valence-electron chi connectivity index (χ4n) is 3.85. The molecule has 3 aliphatic carbocycles. The predicted molar refractivity (Wildman–Crippen MR) is 60.1 cm³/mol. The average molecular weight is 188 g/mol. The summed E-state index contributed by atoms with van der Waals surface area (Å²) in [6, 6.07) is 0. The highest BCUT2D eigenvalue weighted by Gasteiger charge is 2.38. The van der Waals surface area contributed by atoms with Crippen LogP contribution in [-0.2, 0) is 0 Å². The number of hydrogen-bond acceptors (Lipinski definition) is 0. The number of hydrogen-bond donors (Lipinski definition) is 0. The van der Waals surface area contributed by atoms with E-state index in [4.69, 9.17) is 0 Å². The smallest absolute Gasteiger partial charge is 0.00131 e. The Labute approximate surface area is 87.1 Å². The van der Waals surface area contributed by atoms with Gasteiger partial charge in [-0.05, 0) is 38.5 Å². The molecule has 3 rings (SSSR count). The highest BCUT2D eigenvalue weighted by Crippen LogP contribution is 2.52. The summed E-state index contributed by atoms with van der Waals surface area (Å²) >= 11 is 0. The van der Waals surface area contributed by atoms with Crippen molar-refractivity contribution in [3.8, 4) is 0 Å². The summed E-state index contributed by atoms with van der Waals surface area (Å²) in [5.74, 6) is 1.64. The molecule has 0 N–H and O–H groups in total. The Kier molecular flexibility index (Phi) is 2.04. The molecule has 0 aromatic carbocycles. The number of allylic oxidation sites excluding steroid dienone is 3. The fourth-order valence-corrected chi connectivity index (χ4v) is 3.85. The van der Waals surface area contributed by atoms with Crippen molar-refractivity contribution in [2.45, 2.75) is 51.4 Å². The third kappa shape index (κ3) is 1.12. The van der Waals surface area contributed by atoms with E-state index in [-0.39, 0.29) is 0 Å². The molecule has 14 heavy (non-hydrogen) atoms. The van der Waals surface area contributed by atoms with Crippen molar-refractivity contribution in [3.05, 3.63) is 23.3 Å². The zero-order chi connectivity index (χ0) is 9.54.